The molecule has 0 unspecified atom stereocenters. The van der Waals surface area contributed by atoms with Crippen LogP contribution in [0.25, 0.3) is 0 Å². The molecular weight excluding hydrogens is 210 g/mol. The lowest BCUT2D eigenvalue weighted by atomic mass is 10.0. The Morgan fingerprint density at radius 3 is 1.29 bits per heavy atom. The minimum Gasteiger partial charge on any atom is -0.291 e. The molecule has 0 saturated heterocycles. The van der Waals surface area contributed by atoms with Crippen LogP contribution in [0.2, 0.25) is 0 Å². The van der Waals surface area contributed by atoms with Crippen molar-refractivity contribution in [2.75, 3.05) is 0 Å². The zero-order valence-corrected chi connectivity index (χ0v) is 11.8. The molecule has 0 saturated carbocycles. The maximum atomic E-state index is 9.98. The third-order valence-corrected chi connectivity index (χ3v) is 3.38. The SMILES string of the molecule is CCCCCCCCCCCCCCC[14C]=O. The van der Waals surface area contributed by atoms with Crippen LogP contribution < -0.4 is 0 Å². The number of carbonyl (C=O) groups excluding carboxylic acids is 1. The van der Waals surface area contributed by atoms with Gasteiger partial charge in [0, 0.05) is 6.42 Å². The summed E-state index contributed by atoms with van der Waals surface area (Å²) in [7, 11) is 0. The lowest BCUT2D eigenvalue weighted by Crippen LogP contribution is -1.83. The van der Waals surface area contributed by atoms with Gasteiger partial charge < -0.3 is 0 Å². The topological polar surface area (TPSA) is 17.1 Å². The van der Waals surface area contributed by atoms with E-state index in [0.717, 1.165) is 6.42 Å². The molecule has 0 N–H and O–H groups in total. The van der Waals surface area contributed by atoms with Crippen molar-refractivity contribution in [3.63, 3.8) is 0 Å². The highest BCUT2D eigenvalue weighted by Crippen LogP contribution is 2.12. The van der Waals surface area contributed by atoms with Crippen LogP contribution in [0.1, 0.15) is 96.8 Å². The van der Waals surface area contributed by atoms with Crippen molar-refractivity contribution in [1.29, 1.82) is 0 Å². The molecule has 0 amide bonds. The predicted octanol–water partition coefficient (Wildman–Crippen LogP) is 5.58. The van der Waals surface area contributed by atoms with Crippen LogP contribution >= 0.6 is 0 Å². The standard InChI is InChI=1S/C16H31O/c1-2-3-4-5-6-7-8-9-10-11-12-13-14-15-16-17/h2-15H2,1H3/i16+2. The van der Waals surface area contributed by atoms with E-state index in [1.165, 1.54) is 77.0 Å². The van der Waals surface area contributed by atoms with Gasteiger partial charge in [-0.3, -0.25) is 4.79 Å². The average molecular weight is 241 g/mol. The number of rotatable bonds is 14. The molecule has 1 nitrogen and oxygen atoms in total. The van der Waals surface area contributed by atoms with Gasteiger partial charge in [-0.25, -0.2) is 0 Å². The Hall–Kier alpha value is -0.330. The minimum atomic E-state index is 0.637. The molecule has 17 heavy (non-hydrogen) atoms. The molecule has 0 rings (SSSR count). The Bertz CT molecular complexity index is 142. The van der Waals surface area contributed by atoms with E-state index in [1.54, 1.807) is 0 Å². The van der Waals surface area contributed by atoms with Crippen LogP contribution in [0.5, 0.6) is 0 Å². The summed E-state index contributed by atoms with van der Waals surface area (Å²) in [6, 6.07) is 0. The first kappa shape index (κ1) is 16.7. The summed E-state index contributed by atoms with van der Waals surface area (Å²) in [5.74, 6) is 0. The van der Waals surface area contributed by atoms with Crippen molar-refractivity contribution in [3.8, 4) is 0 Å². The smallest absolute Gasteiger partial charge is 0.198 e. The molecule has 1 radical (unpaired) electrons. The average Bonchev–Trinajstić information content (AvgIpc) is 2.35. The molecule has 1 heteroatoms. The van der Waals surface area contributed by atoms with E-state index in [1.807, 2.05) is 6.29 Å². The van der Waals surface area contributed by atoms with E-state index < -0.39 is 0 Å². The van der Waals surface area contributed by atoms with Gasteiger partial charge in [0.05, 0.1) is 0 Å². The summed E-state index contributed by atoms with van der Waals surface area (Å²) in [5.41, 5.74) is 0. The summed E-state index contributed by atoms with van der Waals surface area (Å²) >= 11 is 0. The van der Waals surface area contributed by atoms with Gasteiger partial charge in [-0.1, -0.05) is 84.0 Å². The largest absolute Gasteiger partial charge is 0.291 e. The Morgan fingerprint density at radius 1 is 0.588 bits per heavy atom. The molecule has 0 bridgehead atoms. The van der Waals surface area contributed by atoms with Gasteiger partial charge in [-0.05, 0) is 6.42 Å². The fraction of sp³-hybridized carbons (Fsp3) is 0.938. The number of hydrogen-bond acceptors (Lipinski definition) is 1. The summed E-state index contributed by atoms with van der Waals surface area (Å²) in [6.45, 7) is 2.27. The summed E-state index contributed by atoms with van der Waals surface area (Å²) < 4.78 is 0. The molecule has 0 aliphatic rings. The molecule has 0 aromatic carbocycles. The maximum absolute atomic E-state index is 9.98. The third kappa shape index (κ3) is 15.7. The molecule has 0 fully saturated rings. The molecule has 0 heterocycles. The predicted molar refractivity (Wildman–Crippen MR) is 76.0 cm³/mol. The lowest BCUT2D eigenvalue weighted by molar-refractivity contribution is 0.531. The normalized spacial score (nSPS) is 10.6. The van der Waals surface area contributed by atoms with Gasteiger partial charge >= 0.3 is 0 Å². The minimum absolute atomic E-state index is 0.637. The zero-order valence-electron chi connectivity index (χ0n) is 11.8. The molecule has 0 aromatic rings. The molecule has 0 aliphatic heterocycles. The molecule has 0 aliphatic carbocycles. The highest BCUT2D eigenvalue weighted by atomic mass is 16.2. The van der Waals surface area contributed by atoms with Crippen LogP contribution in [0.3, 0.4) is 0 Å². The van der Waals surface area contributed by atoms with Crippen LogP contribution in [0, 0.1) is 0 Å². The van der Waals surface area contributed by atoms with Crippen LogP contribution in [0.4, 0.5) is 0 Å². The molecular formula is C16H31O. The second kappa shape index (κ2) is 15.7. The van der Waals surface area contributed by atoms with E-state index in [2.05, 4.69) is 6.92 Å². The maximum Gasteiger partial charge on any atom is 0.198 e. The number of hydrogen-bond donors (Lipinski definition) is 0. The van der Waals surface area contributed by atoms with Crippen LogP contribution in [-0.4, -0.2) is 6.29 Å². The quantitative estimate of drug-likeness (QED) is 0.363. The first-order chi connectivity index (χ1) is 8.41. The molecule has 0 aromatic heterocycles. The summed E-state index contributed by atoms with van der Waals surface area (Å²) in [6.07, 6.45) is 20.2. The second-order valence-electron chi connectivity index (χ2n) is 5.14. The molecule has 0 spiro atoms. The lowest BCUT2D eigenvalue weighted by Gasteiger charge is -2.02. The van der Waals surface area contributed by atoms with E-state index in [0.29, 0.717) is 6.42 Å². The van der Waals surface area contributed by atoms with Crippen molar-refractivity contribution in [1.82, 2.24) is 0 Å². The van der Waals surface area contributed by atoms with Crippen molar-refractivity contribution in [2.45, 2.75) is 96.8 Å². The van der Waals surface area contributed by atoms with Crippen molar-refractivity contribution in [3.05, 3.63) is 0 Å². The van der Waals surface area contributed by atoms with E-state index in [-0.39, 0.29) is 0 Å². The van der Waals surface area contributed by atoms with Crippen LogP contribution in [0.15, 0.2) is 0 Å². The third-order valence-electron chi connectivity index (χ3n) is 3.38. The van der Waals surface area contributed by atoms with Gasteiger partial charge in [0.2, 0.25) is 0 Å². The highest BCUT2D eigenvalue weighted by molar-refractivity contribution is 5.50. The monoisotopic (exact) mass is 241 g/mol. The fourth-order valence-electron chi connectivity index (χ4n) is 2.21. The van der Waals surface area contributed by atoms with E-state index in [9.17, 15) is 4.79 Å². The summed E-state index contributed by atoms with van der Waals surface area (Å²) in [5, 5.41) is 0. The Balaban J connectivity index is 2.87. The van der Waals surface area contributed by atoms with Crippen molar-refractivity contribution in [2.24, 2.45) is 0 Å². The Morgan fingerprint density at radius 2 is 0.941 bits per heavy atom. The second-order valence-corrected chi connectivity index (χ2v) is 5.14. The van der Waals surface area contributed by atoms with Gasteiger partial charge in [-0.15, -0.1) is 0 Å². The Labute approximate surface area is 108 Å². The van der Waals surface area contributed by atoms with Crippen LogP contribution in [-0.2, 0) is 4.79 Å². The molecule has 101 valence electrons. The summed E-state index contributed by atoms with van der Waals surface area (Å²) in [4.78, 5) is 9.98. The van der Waals surface area contributed by atoms with Gasteiger partial charge in [0.1, 0.15) is 0 Å². The zero-order chi connectivity index (χ0) is 12.6. The van der Waals surface area contributed by atoms with Crippen molar-refractivity contribution < 1.29 is 4.79 Å². The first-order valence-electron chi connectivity index (χ1n) is 7.76. The van der Waals surface area contributed by atoms with Gasteiger partial charge in [-0.2, -0.15) is 0 Å². The highest BCUT2D eigenvalue weighted by Gasteiger charge is 1.93. The van der Waals surface area contributed by atoms with Crippen molar-refractivity contribution >= 4 is 6.29 Å². The van der Waals surface area contributed by atoms with Gasteiger partial charge in [0.25, 0.3) is 0 Å². The first-order valence-corrected chi connectivity index (χ1v) is 7.76. The molecule has 0 atom stereocenters. The number of unbranched alkanes of at least 4 members (excludes halogenated alkanes) is 13. The van der Waals surface area contributed by atoms with Gasteiger partial charge in [0.15, 0.2) is 6.29 Å². The van der Waals surface area contributed by atoms with E-state index >= 15 is 0 Å². The van der Waals surface area contributed by atoms with E-state index in [4.69, 9.17) is 0 Å². The Kier molecular flexibility index (Phi) is 15.4. The fourth-order valence-corrected chi connectivity index (χ4v) is 2.21.